The number of nitrogens with zero attached hydrogens (tertiary/aromatic N) is 3. The molecule has 3 aromatic carbocycles. The number of rotatable bonds is 13. The summed E-state index contributed by atoms with van der Waals surface area (Å²) in [7, 11) is -4.10. The maximum Gasteiger partial charge on any atom is 1.00 e. The van der Waals surface area contributed by atoms with Gasteiger partial charge in [-0.3, -0.25) is 45.0 Å². The Bertz CT molecular complexity index is 1860. The van der Waals surface area contributed by atoms with Crippen LogP contribution in [-0.2, 0) is 15.5 Å². The first-order chi connectivity index (χ1) is 23.0. The SMILES string of the molecule is CCC(C)c1cc([N+](=O)[O-])cc([N+](=O)[O-])c1OC(=O)c1cc(Oc2ccc(C(F)(F)F)cc2Cl)ccc1[N+](=O)[O-].O=C(O)CNCP(=O)(O)O.[Na+]. The molecule has 0 aromatic heterocycles. The Balaban J connectivity index is 0.00000103. The van der Waals surface area contributed by atoms with E-state index in [9.17, 15) is 57.7 Å². The quantitative estimate of drug-likeness (QED) is 0.0484. The number of aliphatic carboxylic acids is 1. The molecule has 270 valence electrons. The van der Waals surface area contributed by atoms with Gasteiger partial charge < -0.3 is 24.4 Å². The van der Waals surface area contributed by atoms with Gasteiger partial charge in [0.1, 0.15) is 17.1 Å². The van der Waals surface area contributed by atoms with E-state index in [0.29, 0.717) is 24.6 Å². The second kappa shape index (κ2) is 18.9. The molecule has 0 aliphatic carbocycles. The number of benzene rings is 3. The summed E-state index contributed by atoms with van der Waals surface area (Å²) in [5.41, 5.74) is -4.16. The Kier molecular flexibility index (Phi) is 16.6. The van der Waals surface area contributed by atoms with Gasteiger partial charge in [0.05, 0.1) is 44.3 Å². The van der Waals surface area contributed by atoms with Gasteiger partial charge in [0, 0.05) is 23.8 Å². The summed E-state index contributed by atoms with van der Waals surface area (Å²) in [5.74, 6) is -4.31. The summed E-state index contributed by atoms with van der Waals surface area (Å²) in [6.07, 6.45) is -4.94. The summed E-state index contributed by atoms with van der Waals surface area (Å²) in [5, 5.41) is 44.2. The maximum absolute atomic E-state index is 13.1. The van der Waals surface area contributed by atoms with Crippen LogP contribution in [0.15, 0.2) is 48.5 Å². The summed E-state index contributed by atoms with van der Waals surface area (Å²) in [6.45, 7) is 2.81. The van der Waals surface area contributed by atoms with Crippen LogP contribution in [0.1, 0.15) is 47.7 Å². The molecular weight excluding hydrogens is 751 g/mol. The molecule has 1 unspecified atom stereocenters. The molecule has 0 spiro atoms. The van der Waals surface area contributed by atoms with E-state index in [2.05, 4.69) is 5.32 Å². The van der Waals surface area contributed by atoms with E-state index in [0.717, 1.165) is 30.3 Å². The zero-order valence-electron chi connectivity index (χ0n) is 26.5. The fourth-order valence-electron chi connectivity index (χ4n) is 3.80. The van der Waals surface area contributed by atoms with Gasteiger partial charge in [-0.2, -0.15) is 13.2 Å². The summed E-state index contributed by atoms with van der Waals surface area (Å²) < 4.78 is 59.5. The predicted molar refractivity (Wildman–Crippen MR) is 166 cm³/mol. The molecule has 0 radical (unpaired) electrons. The smallest absolute Gasteiger partial charge is 0.480 e. The number of nitro benzene ring substituents is 3. The van der Waals surface area contributed by atoms with Crippen molar-refractivity contribution in [1.29, 1.82) is 0 Å². The molecule has 0 saturated heterocycles. The second-order valence-corrected chi connectivity index (χ2v) is 12.0. The van der Waals surface area contributed by atoms with Gasteiger partial charge in [-0.1, -0.05) is 25.4 Å². The number of nitro groups is 3. The van der Waals surface area contributed by atoms with E-state index in [1.54, 1.807) is 13.8 Å². The average Bonchev–Trinajstić information content (AvgIpc) is 3.00. The van der Waals surface area contributed by atoms with E-state index in [-0.39, 0.29) is 46.6 Å². The van der Waals surface area contributed by atoms with E-state index in [1.807, 2.05) is 0 Å². The number of ether oxygens (including phenoxy) is 2. The molecule has 0 aliphatic heterocycles. The van der Waals surface area contributed by atoms with Crippen molar-refractivity contribution in [3.63, 3.8) is 0 Å². The Morgan fingerprint density at radius 3 is 2.06 bits per heavy atom. The summed E-state index contributed by atoms with van der Waals surface area (Å²) in [6, 6.07) is 6.52. The standard InChI is InChI=1S/C24H17ClF3N3O9.C3H8NO5P.Na/c1-3-12(2)16-9-14(29(33)34)10-20(31(37)38)22(16)40-23(32)17-11-15(5-6-19(17)30(35)36)39-21-7-4-13(8-18(21)25)24(26,27)28;5-3(6)1-4-2-10(7,8)9;/h4-12H,3H2,1-2H3;4H,1-2H2,(H,5,6)(H2,7,8,9);/q;;+1. The topological polar surface area (TPSA) is 272 Å². The van der Waals surface area contributed by atoms with Crippen LogP contribution >= 0.6 is 19.2 Å². The molecule has 0 saturated carbocycles. The van der Waals surface area contributed by atoms with Crippen molar-refractivity contribution >= 4 is 48.2 Å². The number of carbonyl (C=O) groups is 2. The van der Waals surface area contributed by atoms with Crippen LogP contribution in [0.25, 0.3) is 0 Å². The van der Waals surface area contributed by atoms with Crippen molar-refractivity contribution in [3.8, 4) is 17.2 Å². The second-order valence-electron chi connectivity index (χ2n) is 9.92. The molecule has 0 fully saturated rings. The fourth-order valence-corrected chi connectivity index (χ4v) is 4.42. The van der Waals surface area contributed by atoms with Crippen LogP contribution in [0.3, 0.4) is 0 Å². The monoisotopic (exact) mass is 775 g/mol. The molecule has 1 atom stereocenters. The third-order valence-corrected chi connectivity index (χ3v) is 7.22. The van der Waals surface area contributed by atoms with Crippen molar-refractivity contribution in [3.05, 3.63) is 101 Å². The molecule has 24 heteroatoms. The summed E-state index contributed by atoms with van der Waals surface area (Å²) >= 11 is 5.88. The first-order valence-electron chi connectivity index (χ1n) is 13.5. The van der Waals surface area contributed by atoms with Gasteiger partial charge in [0.2, 0.25) is 5.75 Å². The number of carboxylic acid groups (broad SMARTS) is 1. The van der Waals surface area contributed by atoms with Crippen molar-refractivity contribution in [2.24, 2.45) is 0 Å². The molecule has 0 heterocycles. The minimum absolute atomic E-state index is 0. The number of hydrogen-bond donors (Lipinski definition) is 4. The van der Waals surface area contributed by atoms with Gasteiger partial charge in [-0.15, -0.1) is 0 Å². The van der Waals surface area contributed by atoms with Crippen LogP contribution in [-0.4, -0.2) is 54.4 Å². The molecule has 0 bridgehead atoms. The maximum atomic E-state index is 13.1. The first-order valence-corrected chi connectivity index (χ1v) is 15.7. The minimum Gasteiger partial charge on any atom is -0.480 e. The van der Waals surface area contributed by atoms with Gasteiger partial charge in [-0.25, -0.2) is 4.79 Å². The zero-order chi connectivity index (χ0) is 38.1. The molecule has 51 heavy (non-hydrogen) atoms. The van der Waals surface area contributed by atoms with Crippen molar-refractivity contribution < 1.29 is 96.0 Å². The van der Waals surface area contributed by atoms with Gasteiger partial charge in [0.15, 0.2) is 0 Å². The van der Waals surface area contributed by atoms with Gasteiger partial charge >= 0.3 is 61.0 Å². The molecule has 4 N–H and O–H groups in total. The third kappa shape index (κ3) is 13.5. The zero-order valence-corrected chi connectivity index (χ0v) is 30.1. The van der Waals surface area contributed by atoms with E-state index in [4.69, 9.17) is 36.0 Å². The van der Waals surface area contributed by atoms with Crippen molar-refractivity contribution in [2.45, 2.75) is 32.4 Å². The van der Waals surface area contributed by atoms with Crippen molar-refractivity contribution in [2.75, 3.05) is 12.8 Å². The third-order valence-electron chi connectivity index (χ3n) is 6.29. The number of alkyl halides is 3. The Labute approximate surface area is 311 Å². The van der Waals surface area contributed by atoms with Crippen LogP contribution in [0.4, 0.5) is 30.2 Å². The molecular formula is C27H25ClF3N4NaO14P+. The Morgan fingerprint density at radius 1 is 0.980 bits per heavy atom. The van der Waals surface area contributed by atoms with Gasteiger partial charge in [-0.05, 0) is 36.6 Å². The Morgan fingerprint density at radius 2 is 1.59 bits per heavy atom. The molecule has 3 aromatic rings. The molecule has 0 aliphatic rings. The minimum atomic E-state index is -4.68. The normalized spacial score (nSPS) is 11.6. The van der Waals surface area contributed by atoms with Gasteiger partial charge in [0.25, 0.3) is 11.4 Å². The van der Waals surface area contributed by atoms with Crippen LogP contribution in [0.2, 0.25) is 5.02 Å². The Hall–Kier alpha value is -4.21. The number of carboxylic acids is 1. The van der Waals surface area contributed by atoms with Crippen LogP contribution in [0, 0.1) is 30.3 Å². The molecule has 18 nitrogen and oxygen atoms in total. The fraction of sp³-hybridized carbons (Fsp3) is 0.259. The van der Waals surface area contributed by atoms with Crippen LogP contribution < -0.4 is 44.3 Å². The van der Waals surface area contributed by atoms with E-state index < -0.39 is 98.2 Å². The molecule has 3 rings (SSSR count). The van der Waals surface area contributed by atoms with E-state index in [1.165, 1.54) is 0 Å². The number of non-ortho nitro benzene ring substituents is 1. The summed E-state index contributed by atoms with van der Waals surface area (Å²) in [4.78, 5) is 71.1. The molecule has 0 amide bonds. The first kappa shape index (κ1) is 44.8. The number of esters is 1. The number of hydrogen-bond acceptors (Lipinski definition) is 12. The largest absolute Gasteiger partial charge is 1.00 e. The van der Waals surface area contributed by atoms with Crippen LogP contribution in [0.5, 0.6) is 17.2 Å². The number of halogens is 4. The van der Waals surface area contributed by atoms with E-state index >= 15 is 0 Å². The average molecular weight is 776 g/mol. The van der Waals surface area contributed by atoms with Crippen molar-refractivity contribution in [1.82, 2.24) is 5.32 Å². The number of carbonyl (C=O) groups excluding carboxylic acids is 1. The number of nitrogens with one attached hydrogen (secondary N) is 1. The predicted octanol–water partition coefficient (Wildman–Crippen LogP) is 3.41.